The maximum absolute atomic E-state index is 5.56. The molecule has 0 unspecified atom stereocenters. The van der Waals surface area contributed by atoms with Crippen molar-refractivity contribution in [2.75, 3.05) is 13.2 Å². The summed E-state index contributed by atoms with van der Waals surface area (Å²) in [6.45, 7) is 6.59. The molecule has 0 heterocycles. The molecular formula is C12H18BrNO. The molecule has 0 spiro atoms. The van der Waals surface area contributed by atoms with Crippen molar-refractivity contribution in [3.8, 4) is 0 Å². The average molecular weight is 272 g/mol. The number of ether oxygens (including phenoxy) is 1. The summed E-state index contributed by atoms with van der Waals surface area (Å²) in [6, 6.07) is 8.66. The quantitative estimate of drug-likeness (QED) is 0.804. The van der Waals surface area contributed by atoms with E-state index in [1.165, 1.54) is 5.56 Å². The molecular weight excluding hydrogens is 254 g/mol. The molecule has 0 amide bonds. The smallest absolute Gasteiger partial charge is 0.0728 e. The Hall–Kier alpha value is -0.380. The van der Waals surface area contributed by atoms with Crippen molar-refractivity contribution in [2.24, 2.45) is 0 Å². The van der Waals surface area contributed by atoms with Crippen molar-refractivity contribution >= 4 is 15.9 Å². The number of hydrogen-bond acceptors (Lipinski definition) is 2. The third-order valence-electron chi connectivity index (χ3n) is 2.01. The molecule has 1 aromatic rings. The largest absolute Gasteiger partial charge is 0.375 e. The minimum atomic E-state index is 0.525. The van der Waals surface area contributed by atoms with Crippen LogP contribution in [0.1, 0.15) is 19.4 Å². The average Bonchev–Trinajstić information content (AvgIpc) is 2.20. The van der Waals surface area contributed by atoms with Gasteiger partial charge in [0, 0.05) is 17.1 Å². The topological polar surface area (TPSA) is 21.3 Å². The van der Waals surface area contributed by atoms with E-state index in [1.54, 1.807) is 0 Å². The van der Waals surface area contributed by atoms with Gasteiger partial charge in [0.05, 0.1) is 13.2 Å². The summed E-state index contributed by atoms with van der Waals surface area (Å²) in [5.41, 5.74) is 1.20. The lowest BCUT2D eigenvalue weighted by Gasteiger charge is -2.09. The predicted octanol–water partition coefficient (Wildman–Crippen LogP) is 2.96. The van der Waals surface area contributed by atoms with Crippen molar-refractivity contribution in [1.29, 1.82) is 0 Å². The molecule has 0 bridgehead atoms. The minimum absolute atomic E-state index is 0.525. The molecule has 3 heteroatoms. The van der Waals surface area contributed by atoms with Gasteiger partial charge >= 0.3 is 0 Å². The maximum atomic E-state index is 5.56. The van der Waals surface area contributed by atoms with Gasteiger partial charge in [-0.2, -0.15) is 0 Å². The number of rotatable bonds is 6. The molecule has 84 valence electrons. The van der Waals surface area contributed by atoms with Crippen LogP contribution >= 0.6 is 15.9 Å². The first-order valence-corrected chi connectivity index (χ1v) is 6.04. The Morgan fingerprint density at radius 3 is 2.73 bits per heavy atom. The van der Waals surface area contributed by atoms with Crippen LogP contribution in [0.3, 0.4) is 0 Å². The van der Waals surface area contributed by atoms with Crippen LogP contribution in [0.2, 0.25) is 0 Å². The fourth-order valence-corrected chi connectivity index (χ4v) is 1.62. The van der Waals surface area contributed by atoms with Crippen molar-refractivity contribution in [2.45, 2.75) is 26.5 Å². The van der Waals surface area contributed by atoms with E-state index in [0.29, 0.717) is 12.6 Å². The van der Waals surface area contributed by atoms with Crippen LogP contribution in [-0.4, -0.2) is 19.2 Å². The highest BCUT2D eigenvalue weighted by molar-refractivity contribution is 9.10. The van der Waals surface area contributed by atoms with E-state index in [2.05, 4.69) is 41.2 Å². The highest BCUT2D eigenvalue weighted by Gasteiger charge is 1.98. The predicted molar refractivity (Wildman–Crippen MR) is 66.9 cm³/mol. The summed E-state index contributed by atoms with van der Waals surface area (Å²) in [6.07, 6.45) is 0. The Balaban J connectivity index is 2.18. The van der Waals surface area contributed by atoms with Crippen molar-refractivity contribution in [3.05, 3.63) is 34.3 Å². The molecule has 0 fully saturated rings. The second kappa shape index (κ2) is 6.99. The lowest BCUT2D eigenvalue weighted by molar-refractivity contribution is 0.121. The number of hydrogen-bond donors (Lipinski definition) is 1. The maximum Gasteiger partial charge on any atom is 0.0728 e. The van der Waals surface area contributed by atoms with E-state index in [1.807, 2.05) is 18.2 Å². The monoisotopic (exact) mass is 271 g/mol. The highest BCUT2D eigenvalue weighted by atomic mass is 79.9. The third-order valence-corrected chi connectivity index (χ3v) is 2.79. The molecule has 0 atom stereocenters. The van der Waals surface area contributed by atoms with Crippen LogP contribution in [0.15, 0.2) is 28.7 Å². The fraction of sp³-hybridized carbons (Fsp3) is 0.500. The van der Waals surface area contributed by atoms with Gasteiger partial charge < -0.3 is 10.1 Å². The molecule has 0 aliphatic rings. The van der Waals surface area contributed by atoms with E-state index >= 15 is 0 Å². The molecule has 2 nitrogen and oxygen atoms in total. The molecule has 0 radical (unpaired) electrons. The molecule has 0 aliphatic carbocycles. The van der Waals surface area contributed by atoms with Gasteiger partial charge in [0.25, 0.3) is 0 Å². The molecule has 0 saturated heterocycles. The van der Waals surface area contributed by atoms with Gasteiger partial charge in [-0.25, -0.2) is 0 Å². The summed E-state index contributed by atoms with van der Waals surface area (Å²) in [5, 5.41) is 3.31. The molecule has 1 aromatic carbocycles. The van der Waals surface area contributed by atoms with Crippen molar-refractivity contribution < 1.29 is 4.74 Å². The number of benzene rings is 1. The Bertz CT molecular complexity index is 289. The third kappa shape index (κ3) is 5.30. The standard InChI is InChI=1S/C12H18BrNO/c1-10(2)14-7-8-15-9-11-5-3-4-6-12(11)13/h3-6,10,14H,7-9H2,1-2H3. The molecule has 1 N–H and O–H groups in total. The van der Waals surface area contributed by atoms with E-state index < -0.39 is 0 Å². The summed E-state index contributed by atoms with van der Waals surface area (Å²) >= 11 is 3.49. The van der Waals surface area contributed by atoms with Gasteiger partial charge in [0.2, 0.25) is 0 Å². The first-order chi connectivity index (χ1) is 7.20. The second-order valence-electron chi connectivity index (χ2n) is 3.75. The normalized spacial score (nSPS) is 10.9. The van der Waals surface area contributed by atoms with Gasteiger partial charge in [-0.3, -0.25) is 0 Å². The molecule has 0 saturated carbocycles. The van der Waals surface area contributed by atoms with Gasteiger partial charge in [-0.15, -0.1) is 0 Å². The van der Waals surface area contributed by atoms with Crippen molar-refractivity contribution in [1.82, 2.24) is 5.32 Å². The van der Waals surface area contributed by atoms with Crippen molar-refractivity contribution in [3.63, 3.8) is 0 Å². The zero-order chi connectivity index (χ0) is 11.1. The molecule has 15 heavy (non-hydrogen) atoms. The SMILES string of the molecule is CC(C)NCCOCc1ccccc1Br. The first kappa shape index (κ1) is 12.7. The first-order valence-electron chi connectivity index (χ1n) is 5.24. The van der Waals surface area contributed by atoms with Crippen LogP contribution in [-0.2, 0) is 11.3 Å². The lowest BCUT2D eigenvalue weighted by atomic mass is 10.2. The van der Waals surface area contributed by atoms with Gasteiger partial charge in [-0.1, -0.05) is 48.0 Å². The molecule has 1 rings (SSSR count). The van der Waals surface area contributed by atoms with Crippen LogP contribution in [0.25, 0.3) is 0 Å². The minimum Gasteiger partial charge on any atom is -0.375 e. The molecule has 0 aromatic heterocycles. The van der Waals surface area contributed by atoms with Gasteiger partial charge in [0.15, 0.2) is 0 Å². The second-order valence-corrected chi connectivity index (χ2v) is 4.61. The van der Waals surface area contributed by atoms with Crippen LogP contribution in [0.4, 0.5) is 0 Å². The zero-order valence-corrected chi connectivity index (χ0v) is 10.9. The summed E-state index contributed by atoms with van der Waals surface area (Å²) < 4.78 is 6.67. The fourth-order valence-electron chi connectivity index (χ4n) is 1.22. The molecule has 0 aliphatic heterocycles. The summed E-state index contributed by atoms with van der Waals surface area (Å²) in [4.78, 5) is 0. The Kier molecular flexibility index (Phi) is 5.91. The van der Waals surface area contributed by atoms with E-state index in [9.17, 15) is 0 Å². The van der Waals surface area contributed by atoms with E-state index in [4.69, 9.17) is 4.74 Å². The van der Waals surface area contributed by atoms with Gasteiger partial charge in [-0.05, 0) is 11.6 Å². The van der Waals surface area contributed by atoms with Crippen LogP contribution < -0.4 is 5.32 Å². The highest BCUT2D eigenvalue weighted by Crippen LogP contribution is 2.16. The number of halogens is 1. The van der Waals surface area contributed by atoms with Gasteiger partial charge in [0.1, 0.15) is 0 Å². The Labute approximate surface area is 100 Å². The Morgan fingerprint density at radius 2 is 2.07 bits per heavy atom. The zero-order valence-electron chi connectivity index (χ0n) is 9.29. The van der Waals surface area contributed by atoms with E-state index in [-0.39, 0.29) is 0 Å². The summed E-state index contributed by atoms with van der Waals surface area (Å²) in [7, 11) is 0. The summed E-state index contributed by atoms with van der Waals surface area (Å²) in [5.74, 6) is 0. The lowest BCUT2D eigenvalue weighted by Crippen LogP contribution is -2.26. The van der Waals surface area contributed by atoms with Crippen LogP contribution in [0, 0.1) is 0 Å². The van der Waals surface area contributed by atoms with Crippen LogP contribution in [0.5, 0.6) is 0 Å². The number of nitrogens with one attached hydrogen (secondary N) is 1. The van der Waals surface area contributed by atoms with E-state index in [0.717, 1.165) is 17.6 Å². The Morgan fingerprint density at radius 1 is 1.33 bits per heavy atom.